The van der Waals surface area contributed by atoms with Crippen molar-refractivity contribution in [3.63, 3.8) is 0 Å². The minimum Gasteiger partial charge on any atom is -0.490 e. The molecule has 2 aromatic rings. The average Bonchev–Trinajstić information content (AvgIpc) is 2.52. The normalized spacial score (nSPS) is 11.1. The Hall–Kier alpha value is -2.64. The van der Waals surface area contributed by atoms with Gasteiger partial charge in [0.25, 0.3) is 0 Å². The van der Waals surface area contributed by atoms with Crippen molar-refractivity contribution in [3.05, 3.63) is 55.0 Å². The van der Waals surface area contributed by atoms with E-state index in [1.807, 2.05) is 24.3 Å². The summed E-state index contributed by atoms with van der Waals surface area (Å²) in [5.74, 6) is 6.16. The van der Waals surface area contributed by atoms with Gasteiger partial charge in [-0.1, -0.05) is 18.6 Å². The minimum absolute atomic E-state index is 0.482. The standard InChI is InChI=1S/C17H16N2O2/c1-3-10-21-16-8-5-14(6-9-16)17-12-18-15(11-19-17)7-4-13(2)20/h3,5-6,8-9,11-13,20H,1,10H2,2H3. The van der Waals surface area contributed by atoms with E-state index in [4.69, 9.17) is 9.84 Å². The molecule has 0 aliphatic carbocycles. The second-order valence-corrected chi connectivity index (χ2v) is 4.36. The molecule has 1 N–H and O–H groups in total. The Morgan fingerprint density at radius 1 is 1.29 bits per heavy atom. The van der Waals surface area contributed by atoms with Crippen LogP contribution < -0.4 is 4.74 Å². The van der Waals surface area contributed by atoms with Gasteiger partial charge in [0.1, 0.15) is 24.2 Å². The highest BCUT2D eigenvalue weighted by Crippen LogP contribution is 2.20. The monoisotopic (exact) mass is 280 g/mol. The molecule has 4 heteroatoms. The molecule has 0 amide bonds. The van der Waals surface area contributed by atoms with Gasteiger partial charge in [0.15, 0.2) is 0 Å². The van der Waals surface area contributed by atoms with Gasteiger partial charge in [-0.25, -0.2) is 4.98 Å². The fourth-order valence-corrected chi connectivity index (χ4v) is 1.60. The van der Waals surface area contributed by atoms with Crippen LogP contribution in [0.5, 0.6) is 5.75 Å². The number of aliphatic hydroxyl groups is 1. The van der Waals surface area contributed by atoms with E-state index in [0.29, 0.717) is 12.3 Å². The van der Waals surface area contributed by atoms with Crippen molar-refractivity contribution in [1.82, 2.24) is 9.97 Å². The SMILES string of the molecule is C=CCOc1ccc(-c2cnc(C#CC(C)O)cn2)cc1. The van der Waals surface area contributed by atoms with E-state index in [-0.39, 0.29) is 0 Å². The Morgan fingerprint density at radius 3 is 2.62 bits per heavy atom. The van der Waals surface area contributed by atoms with Gasteiger partial charge in [-0.3, -0.25) is 4.98 Å². The molecule has 1 aromatic carbocycles. The maximum Gasteiger partial charge on any atom is 0.131 e. The molecule has 1 atom stereocenters. The van der Waals surface area contributed by atoms with Gasteiger partial charge in [0.05, 0.1) is 18.1 Å². The zero-order chi connectivity index (χ0) is 15.1. The second-order valence-electron chi connectivity index (χ2n) is 4.36. The van der Waals surface area contributed by atoms with Gasteiger partial charge in [-0.2, -0.15) is 0 Å². The first kappa shape index (κ1) is 14.8. The lowest BCUT2D eigenvalue weighted by Crippen LogP contribution is -1.95. The quantitative estimate of drug-likeness (QED) is 0.690. The van der Waals surface area contributed by atoms with Crippen LogP contribution in [0.3, 0.4) is 0 Å². The Kier molecular flexibility index (Phi) is 5.08. The van der Waals surface area contributed by atoms with Crippen LogP contribution in [0.15, 0.2) is 49.3 Å². The molecule has 1 unspecified atom stereocenters. The Labute approximate surface area is 124 Å². The highest BCUT2D eigenvalue weighted by molar-refractivity contribution is 5.59. The number of nitrogens with zero attached hydrogens (tertiary/aromatic N) is 2. The van der Waals surface area contributed by atoms with Crippen LogP contribution in [0.4, 0.5) is 0 Å². The maximum atomic E-state index is 9.09. The topological polar surface area (TPSA) is 55.2 Å². The lowest BCUT2D eigenvalue weighted by molar-refractivity contribution is 0.253. The first-order valence-corrected chi connectivity index (χ1v) is 6.55. The number of aliphatic hydroxyl groups excluding tert-OH is 1. The lowest BCUT2D eigenvalue weighted by Gasteiger charge is -2.04. The summed E-state index contributed by atoms with van der Waals surface area (Å²) >= 11 is 0. The van der Waals surface area contributed by atoms with E-state index in [1.54, 1.807) is 25.4 Å². The first-order valence-electron chi connectivity index (χ1n) is 6.55. The summed E-state index contributed by atoms with van der Waals surface area (Å²) in [7, 11) is 0. The molecule has 106 valence electrons. The van der Waals surface area contributed by atoms with Crippen molar-refractivity contribution in [2.75, 3.05) is 6.61 Å². The predicted molar refractivity (Wildman–Crippen MR) is 81.7 cm³/mol. The molecule has 0 saturated heterocycles. The molecule has 0 aliphatic rings. The maximum absolute atomic E-state index is 9.09. The Balaban J connectivity index is 2.12. The molecule has 1 aromatic heterocycles. The Morgan fingerprint density at radius 2 is 2.05 bits per heavy atom. The van der Waals surface area contributed by atoms with Crippen molar-refractivity contribution in [1.29, 1.82) is 0 Å². The Bertz CT molecular complexity index is 650. The van der Waals surface area contributed by atoms with Gasteiger partial charge < -0.3 is 9.84 Å². The first-order chi connectivity index (χ1) is 10.2. The lowest BCUT2D eigenvalue weighted by atomic mass is 10.1. The number of benzene rings is 1. The summed E-state index contributed by atoms with van der Waals surface area (Å²) in [6, 6.07) is 7.59. The van der Waals surface area contributed by atoms with Crippen LogP contribution >= 0.6 is 0 Å². The van der Waals surface area contributed by atoms with Gasteiger partial charge in [0.2, 0.25) is 0 Å². The molecule has 4 nitrogen and oxygen atoms in total. The van der Waals surface area contributed by atoms with E-state index < -0.39 is 6.10 Å². The molecular weight excluding hydrogens is 264 g/mol. The molecular formula is C17H16N2O2. The summed E-state index contributed by atoms with van der Waals surface area (Å²) in [5.41, 5.74) is 2.24. The van der Waals surface area contributed by atoms with E-state index in [2.05, 4.69) is 28.4 Å². The van der Waals surface area contributed by atoms with E-state index in [9.17, 15) is 0 Å². The van der Waals surface area contributed by atoms with Gasteiger partial charge in [0, 0.05) is 5.56 Å². The number of ether oxygens (including phenoxy) is 1. The van der Waals surface area contributed by atoms with E-state index in [1.165, 1.54) is 0 Å². The molecule has 1 heterocycles. The van der Waals surface area contributed by atoms with Crippen molar-refractivity contribution in [2.45, 2.75) is 13.0 Å². The van der Waals surface area contributed by atoms with Crippen molar-refractivity contribution in [2.24, 2.45) is 0 Å². The summed E-state index contributed by atoms with van der Waals surface area (Å²) in [6.45, 7) is 5.69. The van der Waals surface area contributed by atoms with E-state index in [0.717, 1.165) is 17.0 Å². The van der Waals surface area contributed by atoms with Crippen molar-refractivity contribution in [3.8, 4) is 28.8 Å². The molecule has 0 radical (unpaired) electrons. The number of rotatable bonds is 4. The van der Waals surface area contributed by atoms with Gasteiger partial charge >= 0.3 is 0 Å². The fraction of sp³-hybridized carbons (Fsp3) is 0.176. The third-order valence-electron chi connectivity index (χ3n) is 2.58. The van der Waals surface area contributed by atoms with Crippen LogP contribution in [0.1, 0.15) is 12.6 Å². The molecule has 0 aliphatic heterocycles. The molecule has 0 fully saturated rings. The zero-order valence-electron chi connectivity index (χ0n) is 11.8. The largest absolute Gasteiger partial charge is 0.490 e. The van der Waals surface area contributed by atoms with Crippen LogP contribution in [0.2, 0.25) is 0 Å². The van der Waals surface area contributed by atoms with Crippen LogP contribution in [-0.2, 0) is 0 Å². The van der Waals surface area contributed by atoms with Crippen molar-refractivity contribution >= 4 is 0 Å². The van der Waals surface area contributed by atoms with Gasteiger partial charge in [-0.15, -0.1) is 0 Å². The molecule has 21 heavy (non-hydrogen) atoms. The third-order valence-corrected chi connectivity index (χ3v) is 2.58. The molecule has 0 spiro atoms. The fourth-order valence-electron chi connectivity index (χ4n) is 1.60. The summed E-state index contributed by atoms with van der Waals surface area (Å²) < 4.78 is 5.42. The van der Waals surface area contributed by atoms with Crippen LogP contribution in [0.25, 0.3) is 11.3 Å². The average molecular weight is 280 g/mol. The highest BCUT2D eigenvalue weighted by Gasteiger charge is 2.01. The van der Waals surface area contributed by atoms with E-state index >= 15 is 0 Å². The predicted octanol–water partition coefficient (Wildman–Crippen LogP) is 2.44. The smallest absolute Gasteiger partial charge is 0.131 e. The van der Waals surface area contributed by atoms with Gasteiger partial charge in [-0.05, 0) is 37.1 Å². The van der Waals surface area contributed by atoms with Crippen LogP contribution in [-0.4, -0.2) is 27.8 Å². The molecule has 0 bridgehead atoms. The number of hydrogen-bond acceptors (Lipinski definition) is 4. The minimum atomic E-state index is -0.672. The summed E-state index contributed by atoms with van der Waals surface area (Å²) in [4.78, 5) is 8.52. The zero-order valence-corrected chi connectivity index (χ0v) is 11.8. The second kappa shape index (κ2) is 7.22. The number of aromatic nitrogens is 2. The summed E-state index contributed by atoms with van der Waals surface area (Å²) in [5, 5.41) is 9.09. The molecule has 2 rings (SSSR count). The number of hydrogen-bond donors (Lipinski definition) is 1. The van der Waals surface area contributed by atoms with Crippen LogP contribution in [0, 0.1) is 11.8 Å². The highest BCUT2D eigenvalue weighted by atomic mass is 16.5. The van der Waals surface area contributed by atoms with Crippen molar-refractivity contribution < 1.29 is 9.84 Å². The third kappa shape index (κ3) is 4.44. The molecule has 0 saturated carbocycles. The summed E-state index contributed by atoms with van der Waals surface area (Å²) in [6.07, 6.45) is 4.28.